The molecule has 1 N–H and O–H groups in total. The van der Waals surface area contributed by atoms with E-state index in [-0.39, 0.29) is 10.8 Å². The average molecular weight is 317 g/mol. The Morgan fingerprint density at radius 3 is 2.82 bits per heavy atom. The smallest absolute Gasteiger partial charge is 0.149 e. The van der Waals surface area contributed by atoms with Crippen LogP contribution in [0.1, 0.15) is 12.0 Å². The molecular formula is C18H18ClFN2. The molecular weight excluding hydrogens is 299 g/mol. The summed E-state index contributed by atoms with van der Waals surface area (Å²) < 4.78 is 14.5. The van der Waals surface area contributed by atoms with E-state index in [2.05, 4.69) is 16.3 Å². The third-order valence-electron chi connectivity index (χ3n) is 4.73. The van der Waals surface area contributed by atoms with Crippen LogP contribution in [-0.2, 0) is 6.42 Å². The van der Waals surface area contributed by atoms with E-state index in [4.69, 9.17) is 11.6 Å². The van der Waals surface area contributed by atoms with Gasteiger partial charge in [0.15, 0.2) is 0 Å². The third-order valence-corrected chi connectivity index (χ3v) is 5.02. The second kappa shape index (κ2) is 5.56. The van der Waals surface area contributed by atoms with Gasteiger partial charge in [0.25, 0.3) is 0 Å². The number of anilines is 1. The lowest BCUT2D eigenvalue weighted by Gasteiger charge is -2.26. The molecule has 114 valence electrons. The minimum absolute atomic E-state index is 0.183. The monoisotopic (exact) mass is 316 g/mol. The van der Waals surface area contributed by atoms with Crippen LogP contribution in [0.2, 0.25) is 5.02 Å². The summed E-state index contributed by atoms with van der Waals surface area (Å²) in [4.78, 5) is 2.45. The molecule has 2 aromatic rings. The van der Waals surface area contributed by atoms with Gasteiger partial charge in [0.05, 0.1) is 5.02 Å². The Morgan fingerprint density at radius 1 is 1.09 bits per heavy atom. The highest BCUT2D eigenvalue weighted by Crippen LogP contribution is 2.42. The standard InChI is InChI=1S/C18H18ClFN2/c19-16-6-2-4-14(17(16)20)15-5-1-3-12-11-13-7-8-21-9-10-22(13)18(12)15/h1-6,13,21H,7-11H2. The number of halogens is 2. The van der Waals surface area contributed by atoms with E-state index in [1.54, 1.807) is 6.07 Å². The molecule has 4 heteroatoms. The fourth-order valence-corrected chi connectivity index (χ4v) is 3.89. The van der Waals surface area contributed by atoms with Crippen molar-refractivity contribution in [3.8, 4) is 11.1 Å². The molecule has 4 rings (SSSR count). The fourth-order valence-electron chi connectivity index (χ4n) is 3.72. The van der Waals surface area contributed by atoms with E-state index in [0.717, 1.165) is 38.0 Å². The summed E-state index contributed by atoms with van der Waals surface area (Å²) in [6.45, 7) is 3.00. The summed E-state index contributed by atoms with van der Waals surface area (Å²) in [5, 5.41) is 3.63. The maximum Gasteiger partial charge on any atom is 0.149 e. The Bertz CT molecular complexity index is 716. The lowest BCUT2D eigenvalue weighted by Crippen LogP contribution is -2.33. The molecule has 22 heavy (non-hydrogen) atoms. The molecule has 1 atom stereocenters. The summed E-state index contributed by atoms with van der Waals surface area (Å²) in [7, 11) is 0. The van der Waals surface area contributed by atoms with Gasteiger partial charge in [0.1, 0.15) is 5.82 Å². The molecule has 0 saturated carbocycles. The highest BCUT2D eigenvalue weighted by Gasteiger charge is 2.32. The molecule has 2 aliphatic rings. The number of fused-ring (bicyclic) bond motifs is 3. The average Bonchev–Trinajstić information content (AvgIpc) is 2.72. The van der Waals surface area contributed by atoms with Gasteiger partial charge in [-0.05, 0) is 31.0 Å². The summed E-state index contributed by atoms with van der Waals surface area (Å²) >= 11 is 5.98. The summed E-state index contributed by atoms with van der Waals surface area (Å²) in [5.41, 5.74) is 4.07. The lowest BCUT2D eigenvalue weighted by atomic mass is 9.99. The Labute approximate surface area is 134 Å². The van der Waals surface area contributed by atoms with Crippen molar-refractivity contribution in [1.29, 1.82) is 0 Å². The first-order valence-electron chi connectivity index (χ1n) is 7.79. The van der Waals surface area contributed by atoms with Crippen molar-refractivity contribution in [2.45, 2.75) is 18.9 Å². The predicted molar refractivity (Wildman–Crippen MR) is 89.2 cm³/mol. The first-order chi connectivity index (χ1) is 10.8. The van der Waals surface area contributed by atoms with Crippen LogP contribution in [0.5, 0.6) is 0 Å². The van der Waals surface area contributed by atoms with Crippen molar-refractivity contribution in [1.82, 2.24) is 5.32 Å². The maximum atomic E-state index is 14.5. The molecule has 0 radical (unpaired) electrons. The van der Waals surface area contributed by atoms with Gasteiger partial charge in [-0.2, -0.15) is 0 Å². The van der Waals surface area contributed by atoms with E-state index in [9.17, 15) is 4.39 Å². The Kier molecular flexibility index (Phi) is 3.55. The molecule has 2 nitrogen and oxygen atoms in total. The first-order valence-corrected chi connectivity index (χ1v) is 8.17. The predicted octanol–water partition coefficient (Wildman–Crippen LogP) is 3.87. The summed E-state index contributed by atoms with van der Waals surface area (Å²) in [6, 6.07) is 12.0. The number of nitrogens with one attached hydrogen (secondary N) is 1. The molecule has 0 spiro atoms. The van der Waals surface area contributed by atoms with E-state index >= 15 is 0 Å². The normalized spacial score (nSPS) is 20.5. The minimum atomic E-state index is -0.325. The molecule has 1 fully saturated rings. The highest BCUT2D eigenvalue weighted by molar-refractivity contribution is 6.31. The second-order valence-electron chi connectivity index (χ2n) is 6.00. The number of hydrogen-bond donors (Lipinski definition) is 1. The van der Waals surface area contributed by atoms with E-state index in [1.807, 2.05) is 24.3 Å². The van der Waals surface area contributed by atoms with Crippen molar-refractivity contribution in [3.05, 3.63) is 52.8 Å². The van der Waals surface area contributed by atoms with Crippen LogP contribution in [0, 0.1) is 5.82 Å². The van der Waals surface area contributed by atoms with Gasteiger partial charge in [0, 0.05) is 35.9 Å². The van der Waals surface area contributed by atoms with E-state index in [0.29, 0.717) is 11.6 Å². The molecule has 2 aliphatic heterocycles. The van der Waals surface area contributed by atoms with Crippen LogP contribution in [0.15, 0.2) is 36.4 Å². The molecule has 0 amide bonds. The van der Waals surface area contributed by atoms with Crippen LogP contribution in [-0.4, -0.2) is 25.7 Å². The maximum absolute atomic E-state index is 14.5. The number of para-hydroxylation sites is 1. The SMILES string of the molecule is Fc1c(Cl)cccc1-c1cccc2c1N1CCNCCC1C2. The fraction of sp³-hybridized carbons (Fsp3) is 0.333. The van der Waals surface area contributed by atoms with Gasteiger partial charge < -0.3 is 10.2 Å². The van der Waals surface area contributed by atoms with Crippen molar-refractivity contribution in [3.63, 3.8) is 0 Å². The van der Waals surface area contributed by atoms with Crippen molar-refractivity contribution in [2.75, 3.05) is 24.5 Å². The van der Waals surface area contributed by atoms with Gasteiger partial charge in [-0.15, -0.1) is 0 Å². The first kappa shape index (κ1) is 14.0. The van der Waals surface area contributed by atoms with Crippen LogP contribution < -0.4 is 10.2 Å². The second-order valence-corrected chi connectivity index (χ2v) is 6.41. The Hall–Kier alpha value is -1.58. The molecule has 0 aromatic heterocycles. The van der Waals surface area contributed by atoms with Crippen LogP contribution >= 0.6 is 11.6 Å². The third kappa shape index (κ3) is 2.20. The number of benzene rings is 2. The van der Waals surface area contributed by atoms with Crippen LogP contribution in [0.3, 0.4) is 0 Å². The van der Waals surface area contributed by atoms with Crippen molar-refractivity contribution >= 4 is 17.3 Å². The van der Waals surface area contributed by atoms with E-state index < -0.39 is 0 Å². The molecule has 0 bridgehead atoms. The summed E-state index contributed by atoms with van der Waals surface area (Å²) in [5.74, 6) is -0.325. The zero-order chi connectivity index (χ0) is 15.1. The van der Waals surface area contributed by atoms with Crippen molar-refractivity contribution in [2.24, 2.45) is 0 Å². The zero-order valence-corrected chi connectivity index (χ0v) is 13.0. The molecule has 1 saturated heterocycles. The van der Waals surface area contributed by atoms with Gasteiger partial charge in [-0.1, -0.05) is 41.9 Å². The molecule has 2 heterocycles. The highest BCUT2D eigenvalue weighted by atomic mass is 35.5. The number of rotatable bonds is 1. The van der Waals surface area contributed by atoms with Crippen LogP contribution in [0.25, 0.3) is 11.1 Å². The largest absolute Gasteiger partial charge is 0.366 e. The minimum Gasteiger partial charge on any atom is -0.366 e. The summed E-state index contributed by atoms with van der Waals surface area (Å²) in [6.07, 6.45) is 2.18. The molecule has 1 unspecified atom stereocenters. The quantitative estimate of drug-likeness (QED) is 0.859. The Morgan fingerprint density at radius 2 is 1.91 bits per heavy atom. The van der Waals surface area contributed by atoms with Gasteiger partial charge >= 0.3 is 0 Å². The van der Waals surface area contributed by atoms with Gasteiger partial charge in [-0.25, -0.2) is 4.39 Å². The van der Waals surface area contributed by atoms with Crippen molar-refractivity contribution < 1.29 is 4.39 Å². The molecule has 2 aromatic carbocycles. The zero-order valence-electron chi connectivity index (χ0n) is 12.3. The lowest BCUT2D eigenvalue weighted by molar-refractivity contribution is 0.612. The number of nitrogens with zero attached hydrogens (tertiary/aromatic N) is 1. The Balaban J connectivity index is 1.87. The van der Waals surface area contributed by atoms with Crippen LogP contribution in [0.4, 0.5) is 10.1 Å². The van der Waals surface area contributed by atoms with E-state index in [1.165, 1.54) is 11.3 Å². The van der Waals surface area contributed by atoms with Gasteiger partial charge in [-0.3, -0.25) is 0 Å². The number of hydrogen-bond acceptors (Lipinski definition) is 2. The topological polar surface area (TPSA) is 15.3 Å². The van der Waals surface area contributed by atoms with Gasteiger partial charge in [0.2, 0.25) is 0 Å². The molecule has 0 aliphatic carbocycles.